The van der Waals surface area contributed by atoms with Crippen LogP contribution in [0.3, 0.4) is 0 Å². The van der Waals surface area contributed by atoms with Crippen LogP contribution in [0.5, 0.6) is 0 Å². The van der Waals surface area contributed by atoms with Gasteiger partial charge in [-0.3, -0.25) is 9.20 Å². The van der Waals surface area contributed by atoms with E-state index < -0.39 is 23.6 Å². The SMILES string of the molecule is CN1CCC(NC(=O)c2ccc3c(c2)sc2nc(-c4ccc(C5CN(C(=O)OC(C)(C)C)CCO5)cc4F)cn23)CC1. The van der Waals surface area contributed by atoms with E-state index in [9.17, 15) is 9.59 Å². The number of hydrogen-bond donors (Lipinski definition) is 1. The van der Waals surface area contributed by atoms with E-state index in [1.165, 1.54) is 17.4 Å². The smallest absolute Gasteiger partial charge is 0.410 e. The molecule has 2 aromatic heterocycles. The molecule has 0 bridgehead atoms. The molecule has 1 unspecified atom stereocenters. The summed E-state index contributed by atoms with van der Waals surface area (Å²) in [5.41, 5.74) is 2.52. The average Bonchev–Trinajstić information content (AvgIpc) is 3.51. The Hall–Kier alpha value is -3.54. The van der Waals surface area contributed by atoms with Gasteiger partial charge in [0.1, 0.15) is 17.5 Å². The first-order valence-electron chi connectivity index (χ1n) is 14.3. The molecule has 6 rings (SSSR count). The first-order chi connectivity index (χ1) is 20.0. The Labute approximate surface area is 248 Å². The van der Waals surface area contributed by atoms with Crippen molar-refractivity contribution in [3.8, 4) is 11.3 Å². The van der Waals surface area contributed by atoms with Crippen molar-refractivity contribution in [1.29, 1.82) is 0 Å². The molecular weight excluding hydrogens is 557 g/mol. The number of ether oxygens (including phenoxy) is 2. The first kappa shape index (κ1) is 28.6. The van der Waals surface area contributed by atoms with Gasteiger partial charge >= 0.3 is 6.09 Å². The molecule has 0 saturated carbocycles. The van der Waals surface area contributed by atoms with Crippen LogP contribution in [-0.4, -0.2) is 82.7 Å². The fourth-order valence-corrected chi connectivity index (χ4v) is 6.52. The molecule has 2 amide bonds. The van der Waals surface area contributed by atoms with Crippen LogP contribution in [-0.2, 0) is 9.47 Å². The van der Waals surface area contributed by atoms with Crippen LogP contribution in [0.15, 0.2) is 42.6 Å². The lowest BCUT2D eigenvalue weighted by molar-refractivity contribution is -0.0433. The van der Waals surface area contributed by atoms with Crippen molar-refractivity contribution in [3.05, 3.63) is 59.5 Å². The normalized spacial score (nSPS) is 19.0. The molecule has 2 saturated heterocycles. The molecule has 9 nitrogen and oxygen atoms in total. The number of aromatic nitrogens is 2. The van der Waals surface area contributed by atoms with Gasteiger partial charge in [0.2, 0.25) is 0 Å². The Morgan fingerprint density at radius 3 is 2.64 bits per heavy atom. The van der Waals surface area contributed by atoms with Crippen molar-refractivity contribution in [3.63, 3.8) is 0 Å². The number of imidazole rings is 1. The zero-order chi connectivity index (χ0) is 29.6. The lowest BCUT2D eigenvalue weighted by Gasteiger charge is -2.34. The summed E-state index contributed by atoms with van der Waals surface area (Å²) in [6.45, 7) is 8.51. The Bertz CT molecular complexity index is 1640. The predicted octanol–water partition coefficient (Wildman–Crippen LogP) is 5.49. The van der Waals surface area contributed by atoms with Gasteiger partial charge in [-0.2, -0.15) is 0 Å². The van der Waals surface area contributed by atoms with Gasteiger partial charge in [-0.1, -0.05) is 17.4 Å². The summed E-state index contributed by atoms with van der Waals surface area (Å²) in [5, 5.41) is 3.17. The topological polar surface area (TPSA) is 88.4 Å². The zero-order valence-electron chi connectivity index (χ0n) is 24.4. The number of rotatable bonds is 4. The molecule has 0 spiro atoms. The van der Waals surface area contributed by atoms with Crippen LogP contribution in [0.1, 0.15) is 55.6 Å². The number of thiazole rings is 1. The Kier molecular flexibility index (Phi) is 7.67. The molecule has 4 heterocycles. The first-order valence-corrected chi connectivity index (χ1v) is 15.2. The van der Waals surface area contributed by atoms with Crippen LogP contribution < -0.4 is 5.32 Å². The van der Waals surface area contributed by atoms with E-state index in [1.54, 1.807) is 11.0 Å². The number of halogens is 1. The van der Waals surface area contributed by atoms with Crippen molar-refractivity contribution in [1.82, 2.24) is 24.5 Å². The Morgan fingerprint density at radius 1 is 1.12 bits per heavy atom. The lowest BCUT2D eigenvalue weighted by Crippen LogP contribution is -2.44. The standard InChI is InChI=1S/C31H36FN5O4S/c1-31(2,3)41-30(39)36-13-14-40-26(18-36)19-5-7-22(23(32)15-19)24-17-37-25-8-6-20(16-27(25)42-29(37)34-24)28(38)33-21-9-11-35(4)12-10-21/h5-8,15-17,21,26H,9-14,18H2,1-4H3,(H,33,38). The van der Waals surface area contributed by atoms with Crippen molar-refractivity contribution >= 4 is 38.5 Å². The zero-order valence-corrected chi connectivity index (χ0v) is 25.2. The summed E-state index contributed by atoms with van der Waals surface area (Å²) in [7, 11) is 2.10. The van der Waals surface area contributed by atoms with Gasteiger partial charge < -0.3 is 24.6 Å². The third-order valence-electron chi connectivity index (χ3n) is 7.77. The maximum absolute atomic E-state index is 15.4. The highest BCUT2D eigenvalue weighted by atomic mass is 32.1. The highest BCUT2D eigenvalue weighted by molar-refractivity contribution is 7.23. The molecule has 4 aromatic rings. The van der Waals surface area contributed by atoms with E-state index in [0.717, 1.165) is 41.1 Å². The number of likely N-dealkylation sites (tertiary alicyclic amines) is 1. The minimum absolute atomic E-state index is 0.0588. The van der Waals surface area contributed by atoms with Crippen molar-refractivity contribution < 1.29 is 23.5 Å². The molecule has 11 heteroatoms. The van der Waals surface area contributed by atoms with Crippen LogP contribution in [0.25, 0.3) is 26.4 Å². The van der Waals surface area contributed by atoms with E-state index >= 15 is 4.39 Å². The van der Waals surface area contributed by atoms with Gasteiger partial charge in [0, 0.05) is 29.9 Å². The van der Waals surface area contributed by atoms with Gasteiger partial charge in [-0.05, 0) is 89.6 Å². The van der Waals surface area contributed by atoms with E-state index in [4.69, 9.17) is 14.5 Å². The molecule has 42 heavy (non-hydrogen) atoms. The second kappa shape index (κ2) is 11.3. The predicted molar refractivity (Wildman–Crippen MR) is 160 cm³/mol. The number of carbonyl (C=O) groups is 2. The number of carbonyl (C=O) groups excluding carboxylic acids is 2. The fourth-order valence-electron chi connectivity index (χ4n) is 5.48. The van der Waals surface area contributed by atoms with Crippen LogP contribution in [0.2, 0.25) is 0 Å². The largest absolute Gasteiger partial charge is 0.444 e. The molecule has 2 fully saturated rings. The van der Waals surface area contributed by atoms with Gasteiger partial charge in [0.15, 0.2) is 4.96 Å². The summed E-state index contributed by atoms with van der Waals surface area (Å²) >= 11 is 1.47. The fraction of sp³-hybridized carbons (Fsp3) is 0.452. The third kappa shape index (κ3) is 5.99. The van der Waals surface area contributed by atoms with E-state index in [2.05, 4.69) is 17.3 Å². The van der Waals surface area contributed by atoms with Crippen LogP contribution in [0, 0.1) is 5.82 Å². The molecule has 222 valence electrons. The quantitative estimate of drug-likeness (QED) is 0.337. The number of piperidine rings is 1. The number of nitrogens with one attached hydrogen (secondary N) is 1. The number of benzene rings is 2. The lowest BCUT2D eigenvalue weighted by atomic mass is 10.0. The number of morpholine rings is 1. The summed E-state index contributed by atoms with van der Waals surface area (Å²) in [6, 6.07) is 10.8. The molecule has 2 aromatic carbocycles. The molecule has 1 N–H and O–H groups in total. The maximum atomic E-state index is 15.4. The summed E-state index contributed by atoms with van der Waals surface area (Å²) in [4.78, 5) is 34.7. The van der Waals surface area contributed by atoms with Gasteiger partial charge in [0.25, 0.3) is 5.91 Å². The molecule has 1 atom stereocenters. The molecule has 0 aliphatic carbocycles. The van der Waals surface area contributed by atoms with E-state index in [0.29, 0.717) is 35.5 Å². The maximum Gasteiger partial charge on any atom is 0.410 e. The summed E-state index contributed by atoms with van der Waals surface area (Å²) in [6.07, 6.45) is 2.88. The highest BCUT2D eigenvalue weighted by Gasteiger charge is 2.29. The molecule has 2 aliphatic heterocycles. The average molecular weight is 594 g/mol. The minimum atomic E-state index is -0.592. The van der Waals surface area contributed by atoms with E-state index in [-0.39, 0.29) is 18.5 Å². The van der Waals surface area contributed by atoms with Crippen molar-refractivity contribution in [2.24, 2.45) is 0 Å². The van der Waals surface area contributed by atoms with Crippen molar-refractivity contribution in [2.75, 3.05) is 39.8 Å². The van der Waals surface area contributed by atoms with Gasteiger partial charge in [-0.25, -0.2) is 14.2 Å². The van der Waals surface area contributed by atoms with Gasteiger partial charge in [-0.15, -0.1) is 0 Å². The van der Waals surface area contributed by atoms with E-state index in [1.807, 2.05) is 55.6 Å². The minimum Gasteiger partial charge on any atom is -0.444 e. The third-order valence-corrected chi connectivity index (χ3v) is 8.79. The number of nitrogens with zero attached hydrogens (tertiary/aromatic N) is 4. The number of fused-ring (bicyclic) bond motifs is 3. The van der Waals surface area contributed by atoms with Gasteiger partial charge in [0.05, 0.1) is 29.1 Å². The molecule has 0 radical (unpaired) electrons. The summed E-state index contributed by atoms with van der Waals surface area (Å²) < 4.78 is 29.7. The monoisotopic (exact) mass is 593 g/mol. The number of hydrogen-bond acceptors (Lipinski definition) is 7. The second-order valence-electron chi connectivity index (χ2n) is 12.1. The summed E-state index contributed by atoms with van der Waals surface area (Å²) in [5.74, 6) is -0.468. The van der Waals surface area contributed by atoms with Crippen LogP contribution in [0.4, 0.5) is 9.18 Å². The second-order valence-corrected chi connectivity index (χ2v) is 13.1. The molecule has 2 aliphatic rings. The Morgan fingerprint density at radius 2 is 1.90 bits per heavy atom. The molecular formula is C31H36FN5O4S. The number of amides is 2. The van der Waals surface area contributed by atoms with Crippen molar-refractivity contribution in [2.45, 2.75) is 51.4 Å². The highest BCUT2D eigenvalue weighted by Crippen LogP contribution is 2.33. The Balaban J connectivity index is 1.17. The van der Waals surface area contributed by atoms with Crippen LogP contribution >= 0.6 is 11.3 Å².